The molecule has 0 fully saturated rings. The van der Waals surface area contributed by atoms with Crippen molar-refractivity contribution in [3.8, 4) is 0 Å². The van der Waals surface area contributed by atoms with E-state index in [-0.39, 0.29) is 16.8 Å². The summed E-state index contributed by atoms with van der Waals surface area (Å²) in [6.45, 7) is 0. The zero-order valence-corrected chi connectivity index (χ0v) is 21.1. The minimum Gasteiger partial charge on any atom is -0.481 e. The predicted molar refractivity (Wildman–Crippen MR) is 143 cm³/mol. The standard InChI is InChI=1S/C28H24ClFN2O4S/c29-23-16-19(13-14-24(23)30)32-27(34)25(17-7-2-1-3-8-17)37-20-10-6-9-18(15-20)31-26(33)21-11-4-5-12-22(21)28(35)36/h1-10,13-16,21-22,25H,11-12H2,(H,31,33)(H,32,34)(H,35,36). The fraction of sp³-hybridized carbons (Fsp3) is 0.179. The number of carbonyl (C=O) groups is 3. The number of amides is 2. The number of carboxylic acid groups (broad SMARTS) is 1. The average molecular weight is 539 g/mol. The van der Waals surface area contributed by atoms with Crippen molar-refractivity contribution in [2.45, 2.75) is 23.0 Å². The number of hydrogen-bond donors (Lipinski definition) is 3. The van der Waals surface area contributed by atoms with Gasteiger partial charge in [0.15, 0.2) is 0 Å². The molecule has 0 spiro atoms. The number of anilines is 2. The molecular weight excluding hydrogens is 515 g/mol. The van der Waals surface area contributed by atoms with Gasteiger partial charge in [0.1, 0.15) is 11.1 Å². The van der Waals surface area contributed by atoms with Crippen LogP contribution in [-0.4, -0.2) is 22.9 Å². The van der Waals surface area contributed by atoms with E-state index in [1.165, 1.54) is 30.0 Å². The Bertz CT molecular complexity index is 1330. The highest BCUT2D eigenvalue weighted by molar-refractivity contribution is 8.00. The molecule has 3 aromatic carbocycles. The van der Waals surface area contributed by atoms with E-state index >= 15 is 0 Å². The molecule has 0 aliphatic heterocycles. The van der Waals surface area contributed by atoms with Gasteiger partial charge in [-0.1, -0.05) is 60.2 Å². The molecule has 6 nitrogen and oxygen atoms in total. The number of nitrogens with one attached hydrogen (secondary N) is 2. The van der Waals surface area contributed by atoms with E-state index < -0.39 is 28.9 Å². The molecule has 2 amide bonds. The van der Waals surface area contributed by atoms with Gasteiger partial charge >= 0.3 is 5.97 Å². The van der Waals surface area contributed by atoms with Gasteiger partial charge in [-0.2, -0.15) is 0 Å². The predicted octanol–water partition coefficient (Wildman–Crippen LogP) is 6.56. The molecule has 0 radical (unpaired) electrons. The quantitative estimate of drug-likeness (QED) is 0.223. The van der Waals surface area contributed by atoms with Crippen molar-refractivity contribution in [3.05, 3.63) is 101 Å². The second-order valence-electron chi connectivity index (χ2n) is 8.54. The van der Waals surface area contributed by atoms with Crippen LogP contribution in [-0.2, 0) is 14.4 Å². The van der Waals surface area contributed by atoms with E-state index in [9.17, 15) is 23.9 Å². The number of allylic oxidation sites excluding steroid dienone is 2. The number of halogens is 2. The van der Waals surface area contributed by atoms with Crippen molar-refractivity contribution in [3.63, 3.8) is 0 Å². The largest absolute Gasteiger partial charge is 0.481 e. The minimum absolute atomic E-state index is 0.0937. The van der Waals surface area contributed by atoms with E-state index in [4.69, 9.17) is 11.6 Å². The molecule has 9 heteroatoms. The van der Waals surface area contributed by atoms with E-state index in [2.05, 4.69) is 10.6 Å². The lowest BCUT2D eigenvalue weighted by atomic mass is 9.82. The van der Waals surface area contributed by atoms with Crippen molar-refractivity contribution >= 4 is 52.5 Å². The van der Waals surface area contributed by atoms with Gasteiger partial charge in [-0.05, 0) is 54.8 Å². The smallest absolute Gasteiger partial charge is 0.307 e. The number of aliphatic carboxylic acids is 1. The molecule has 0 aromatic heterocycles. The summed E-state index contributed by atoms with van der Waals surface area (Å²) in [5.41, 5.74) is 1.63. The summed E-state index contributed by atoms with van der Waals surface area (Å²) in [4.78, 5) is 38.5. The topological polar surface area (TPSA) is 95.5 Å². The molecule has 0 saturated carbocycles. The molecule has 3 aromatic rings. The summed E-state index contributed by atoms with van der Waals surface area (Å²) >= 11 is 7.15. The Balaban J connectivity index is 1.52. The highest BCUT2D eigenvalue weighted by Crippen LogP contribution is 2.37. The number of benzene rings is 3. The van der Waals surface area contributed by atoms with Crippen molar-refractivity contribution in [1.82, 2.24) is 0 Å². The lowest BCUT2D eigenvalue weighted by Crippen LogP contribution is -2.34. The number of thioether (sulfide) groups is 1. The van der Waals surface area contributed by atoms with E-state index in [1.807, 2.05) is 42.5 Å². The number of carbonyl (C=O) groups excluding carboxylic acids is 2. The van der Waals surface area contributed by atoms with Gasteiger partial charge in [0.25, 0.3) is 0 Å². The lowest BCUT2D eigenvalue weighted by Gasteiger charge is -2.24. The fourth-order valence-electron chi connectivity index (χ4n) is 4.08. The summed E-state index contributed by atoms with van der Waals surface area (Å²) in [7, 11) is 0. The second-order valence-corrected chi connectivity index (χ2v) is 10.1. The Morgan fingerprint density at radius 1 is 0.892 bits per heavy atom. The average Bonchev–Trinajstić information content (AvgIpc) is 2.90. The zero-order chi connectivity index (χ0) is 26.4. The molecule has 4 rings (SSSR count). The first kappa shape index (κ1) is 26.4. The van der Waals surface area contributed by atoms with Crippen molar-refractivity contribution in [2.75, 3.05) is 10.6 Å². The normalized spacial score (nSPS) is 17.6. The summed E-state index contributed by atoms with van der Waals surface area (Å²) in [6, 6.07) is 20.2. The van der Waals surface area contributed by atoms with Crippen LogP contribution >= 0.6 is 23.4 Å². The van der Waals surface area contributed by atoms with Crippen LogP contribution in [0.15, 0.2) is 89.8 Å². The van der Waals surface area contributed by atoms with Crippen molar-refractivity contribution in [1.29, 1.82) is 0 Å². The molecule has 0 heterocycles. The van der Waals surface area contributed by atoms with Crippen molar-refractivity contribution in [2.24, 2.45) is 11.8 Å². The summed E-state index contributed by atoms with van der Waals surface area (Å²) in [5.74, 6) is -3.69. The molecule has 1 aliphatic carbocycles. The van der Waals surface area contributed by atoms with Gasteiger partial charge in [-0.3, -0.25) is 14.4 Å². The van der Waals surface area contributed by atoms with E-state index in [0.29, 0.717) is 24.2 Å². The van der Waals surface area contributed by atoms with E-state index in [1.54, 1.807) is 24.3 Å². The summed E-state index contributed by atoms with van der Waals surface area (Å²) in [5, 5.41) is 14.4. The maximum absolute atomic E-state index is 13.5. The number of hydrogen-bond acceptors (Lipinski definition) is 4. The molecule has 3 unspecified atom stereocenters. The Morgan fingerprint density at radius 2 is 1.59 bits per heavy atom. The lowest BCUT2D eigenvalue weighted by molar-refractivity contribution is -0.146. The Hall–Kier alpha value is -3.62. The summed E-state index contributed by atoms with van der Waals surface area (Å²) < 4.78 is 13.5. The van der Waals surface area contributed by atoms with Crippen molar-refractivity contribution < 1.29 is 23.9 Å². The summed E-state index contributed by atoms with van der Waals surface area (Å²) in [6.07, 6.45) is 4.29. The molecule has 0 bridgehead atoms. The number of rotatable bonds is 8. The first-order valence-electron chi connectivity index (χ1n) is 11.6. The first-order valence-corrected chi connectivity index (χ1v) is 12.8. The third-order valence-corrected chi connectivity index (χ3v) is 7.51. The molecule has 37 heavy (non-hydrogen) atoms. The number of carboxylic acids is 1. The van der Waals surface area contributed by atoms with Crippen LogP contribution in [0.5, 0.6) is 0 Å². The van der Waals surface area contributed by atoms with Gasteiger partial charge in [-0.15, -0.1) is 11.8 Å². The third-order valence-electron chi connectivity index (χ3n) is 5.97. The Labute approximate surface area is 222 Å². The molecule has 190 valence electrons. The van der Waals surface area contributed by atoms with Crippen LogP contribution in [0.3, 0.4) is 0 Å². The zero-order valence-electron chi connectivity index (χ0n) is 19.6. The Kier molecular flexibility index (Phi) is 8.63. The maximum Gasteiger partial charge on any atom is 0.307 e. The fourth-order valence-corrected chi connectivity index (χ4v) is 5.34. The SMILES string of the molecule is O=C(Nc1ccc(F)c(Cl)c1)C(Sc1cccc(NC(=O)C2CC=CCC2C(=O)O)c1)c1ccccc1. The molecule has 0 saturated heterocycles. The Morgan fingerprint density at radius 3 is 2.30 bits per heavy atom. The highest BCUT2D eigenvalue weighted by atomic mass is 35.5. The monoisotopic (exact) mass is 538 g/mol. The molecule has 3 atom stereocenters. The third kappa shape index (κ3) is 6.78. The second kappa shape index (κ2) is 12.1. The van der Waals surface area contributed by atoms with Gasteiger partial charge < -0.3 is 15.7 Å². The van der Waals surface area contributed by atoms with Crippen LogP contribution in [0.4, 0.5) is 15.8 Å². The maximum atomic E-state index is 13.5. The molecule has 3 N–H and O–H groups in total. The van der Waals surface area contributed by atoms with Gasteiger partial charge in [0.2, 0.25) is 11.8 Å². The highest BCUT2D eigenvalue weighted by Gasteiger charge is 2.34. The van der Waals surface area contributed by atoms with E-state index in [0.717, 1.165) is 10.5 Å². The van der Waals surface area contributed by atoms with Gasteiger partial charge in [-0.25, -0.2) is 4.39 Å². The van der Waals surface area contributed by atoms with Crippen LogP contribution in [0.25, 0.3) is 0 Å². The molecule has 1 aliphatic rings. The van der Waals surface area contributed by atoms with Crippen LogP contribution in [0, 0.1) is 17.7 Å². The van der Waals surface area contributed by atoms with Crippen LogP contribution in [0.2, 0.25) is 5.02 Å². The minimum atomic E-state index is -0.993. The van der Waals surface area contributed by atoms with Gasteiger partial charge in [0, 0.05) is 16.3 Å². The van der Waals surface area contributed by atoms with Crippen LogP contribution in [0.1, 0.15) is 23.7 Å². The van der Waals surface area contributed by atoms with Gasteiger partial charge in [0.05, 0.1) is 16.9 Å². The first-order chi connectivity index (χ1) is 17.8. The van der Waals surface area contributed by atoms with Crippen LogP contribution < -0.4 is 10.6 Å². The molecular formula is C28H24ClFN2O4S.